The second-order valence-electron chi connectivity index (χ2n) is 10.6. The molecule has 2 N–H and O–H groups in total. The second kappa shape index (κ2) is 10.6. The van der Waals surface area contributed by atoms with E-state index in [0.29, 0.717) is 42.5 Å². The summed E-state index contributed by atoms with van der Waals surface area (Å²) in [6.45, 7) is 3.76. The molecule has 0 saturated carbocycles. The molecule has 38 heavy (non-hydrogen) atoms. The lowest BCUT2D eigenvalue weighted by Gasteiger charge is -2.52. The summed E-state index contributed by atoms with van der Waals surface area (Å²) in [5.74, 6) is -0.878. The van der Waals surface area contributed by atoms with E-state index < -0.39 is 16.9 Å². The minimum atomic E-state index is -1.69. The molecule has 6 nitrogen and oxygen atoms in total. The highest BCUT2D eigenvalue weighted by molar-refractivity contribution is 6.30. The molecule has 0 unspecified atom stereocenters. The van der Waals surface area contributed by atoms with Gasteiger partial charge in [-0.1, -0.05) is 35.4 Å². The average molecular weight is 539 g/mol. The van der Waals surface area contributed by atoms with Crippen molar-refractivity contribution in [2.45, 2.75) is 37.8 Å². The van der Waals surface area contributed by atoms with E-state index in [1.165, 1.54) is 24.2 Å². The molecule has 2 fully saturated rings. The number of hydrogen-bond acceptors (Lipinski definition) is 6. The van der Waals surface area contributed by atoms with Crippen molar-refractivity contribution in [1.82, 2.24) is 15.9 Å². The zero-order valence-electron chi connectivity index (χ0n) is 21.1. The molecule has 2 heterocycles. The Morgan fingerprint density at radius 2 is 2.00 bits per heavy atom. The largest absolute Gasteiger partial charge is 0.315 e. The third kappa shape index (κ3) is 5.52. The van der Waals surface area contributed by atoms with Gasteiger partial charge in [-0.15, -0.1) is 0 Å². The Bertz CT molecular complexity index is 1320. The molecule has 2 aromatic rings. The number of nitriles is 1. The zero-order chi connectivity index (χ0) is 26.9. The first kappa shape index (κ1) is 26.5. The number of benzene rings is 2. The van der Waals surface area contributed by atoms with Gasteiger partial charge >= 0.3 is 0 Å². The number of hydrazine groups is 1. The Balaban J connectivity index is 1.48. The molecule has 2 saturated heterocycles. The average Bonchev–Trinajstić information content (AvgIpc) is 3.37. The topological polar surface area (TPSA) is 77.4 Å². The molecule has 2 aliphatic heterocycles. The Morgan fingerprint density at radius 1 is 1.24 bits per heavy atom. The van der Waals surface area contributed by atoms with Gasteiger partial charge in [0.2, 0.25) is 0 Å². The summed E-state index contributed by atoms with van der Waals surface area (Å²) in [6, 6.07) is 13.4. The highest BCUT2D eigenvalue weighted by atomic mass is 35.5. The molecular formula is C29H29ClF2N4O2. The van der Waals surface area contributed by atoms with E-state index in [2.05, 4.69) is 10.7 Å². The lowest BCUT2D eigenvalue weighted by Crippen LogP contribution is -2.59. The minimum absolute atomic E-state index is 0.0332. The summed E-state index contributed by atoms with van der Waals surface area (Å²) in [7, 11) is 0. The molecular weight excluding hydrogens is 510 g/mol. The van der Waals surface area contributed by atoms with Gasteiger partial charge in [0.15, 0.2) is 5.78 Å². The van der Waals surface area contributed by atoms with E-state index in [-0.39, 0.29) is 36.5 Å². The van der Waals surface area contributed by atoms with Crippen molar-refractivity contribution >= 4 is 17.4 Å². The van der Waals surface area contributed by atoms with Crippen molar-refractivity contribution in [3.8, 4) is 6.07 Å². The van der Waals surface area contributed by atoms with Gasteiger partial charge < -0.3 is 5.32 Å². The van der Waals surface area contributed by atoms with Crippen LogP contribution in [0.15, 0.2) is 65.9 Å². The fourth-order valence-corrected chi connectivity index (χ4v) is 6.14. The Labute approximate surface area is 225 Å². The van der Waals surface area contributed by atoms with Crippen LogP contribution in [0, 0.1) is 22.6 Å². The molecule has 0 bridgehead atoms. The summed E-state index contributed by atoms with van der Waals surface area (Å²) in [6.07, 6.45) is 4.03. The number of rotatable bonds is 8. The normalized spacial score (nSPS) is 21.1. The number of alkyl halides is 1. The van der Waals surface area contributed by atoms with E-state index in [1.807, 2.05) is 36.4 Å². The van der Waals surface area contributed by atoms with Crippen LogP contribution in [0.3, 0.4) is 0 Å². The molecule has 3 aliphatic rings. The minimum Gasteiger partial charge on any atom is -0.315 e. The number of carbonyl (C=O) groups is 1. The van der Waals surface area contributed by atoms with Crippen LogP contribution in [-0.2, 0) is 16.1 Å². The van der Waals surface area contributed by atoms with Gasteiger partial charge in [0.05, 0.1) is 18.2 Å². The van der Waals surface area contributed by atoms with E-state index in [9.17, 15) is 14.4 Å². The van der Waals surface area contributed by atoms with Crippen molar-refractivity contribution in [2.24, 2.45) is 5.41 Å². The number of hydroxylamine groups is 1. The number of ketones is 1. The van der Waals surface area contributed by atoms with Crippen LogP contribution in [0.25, 0.3) is 0 Å². The smallest absolute Gasteiger partial charge is 0.186 e. The van der Waals surface area contributed by atoms with Crippen LogP contribution < -0.4 is 10.7 Å². The van der Waals surface area contributed by atoms with Crippen molar-refractivity contribution in [3.63, 3.8) is 0 Å². The van der Waals surface area contributed by atoms with Crippen LogP contribution in [0.1, 0.15) is 42.4 Å². The Morgan fingerprint density at radius 3 is 2.61 bits per heavy atom. The summed E-state index contributed by atoms with van der Waals surface area (Å²) in [4.78, 5) is 18.7. The number of allylic oxidation sites excluding steroid dienone is 4. The van der Waals surface area contributed by atoms with Crippen LogP contribution in [0.5, 0.6) is 0 Å². The summed E-state index contributed by atoms with van der Waals surface area (Å²) >= 11 is 6.18. The third-order valence-corrected chi connectivity index (χ3v) is 7.67. The first-order valence-corrected chi connectivity index (χ1v) is 13.0. The van der Waals surface area contributed by atoms with Gasteiger partial charge in [-0.2, -0.15) is 10.4 Å². The maximum absolute atomic E-state index is 16.3. The van der Waals surface area contributed by atoms with Gasteiger partial charge in [0.25, 0.3) is 0 Å². The zero-order valence-corrected chi connectivity index (χ0v) is 21.8. The van der Waals surface area contributed by atoms with Crippen molar-refractivity contribution in [1.29, 1.82) is 5.26 Å². The molecule has 0 aromatic heterocycles. The predicted molar refractivity (Wildman–Crippen MR) is 140 cm³/mol. The fourth-order valence-electron chi connectivity index (χ4n) is 6.01. The summed E-state index contributed by atoms with van der Waals surface area (Å²) in [5, 5.41) is 14.5. The number of Topliss-reactive ketones (excluding diaryl/α,β-unsaturated/α-hetero) is 1. The Kier molecular flexibility index (Phi) is 7.38. The summed E-state index contributed by atoms with van der Waals surface area (Å²) in [5.41, 5.74) is 3.71. The molecule has 2 atom stereocenters. The maximum Gasteiger partial charge on any atom is 0.186 e. The highest BCUT2D eigenvalue weighted by Crippen LogP contribution is 2.51. The maximum atomic E-state index is 16.3. The van der Waals surface area contributed by atoms with Gasteiger partial charge in [-0.3, -0.25) is 9.63 Å². The number of halogens is 3. The molecule has 9 heteroatoms. The van der Waals surface area contributed by atoms with Gasteiger partial charge in [0.1, 0.15) is 17.2 Å². The SMILES string of the molecule is C[C@](F)(Cc1cc(F)cc(C#N)c1)CC1([C@@H](C2=CC=C(N3NCCO3)C(=O)C2)c2ccc(Cl)cc2)CNC1. The molecule has 0 radical (unpaired) electrons. The number of nitrogens with zero attached hydrogens (tertiary/aromatic N) is 2. The van der Waals surface area contributed by atoms with E-state index in [0.717, 1.165) is 17.2 Å². The number of nitrogens with one attached hydrogen (secondary N) is 2. The quantitative estimate of drug-likeness (QED) is 0.497. The second-order valence-corrected chi connectivity index (χ2v) is 11.0. The lowest BCUT2D eigenvalue weighted by atomic mass is 9.59. The molecule has 2 aromatic carbocycles. The third-order valence-electron chi connectivity index (χ3n) is 7.42. The van der Waals surface area contributed by atoms with Crippen molar-refractivity contribution < 1.29 is 18.4 Å². The monoisotopic (exact) mass is 538 g/mol. The van der Waals surface area contributed by atoms with E-state index >= 15 is 4.39 Å². The molecule has 5 rings (SSSR count). The standard InChI is InChI=1S/C29H29ClF2N4O2/c1-28(32,14-19-10-20(15-33)12-24(31)11-19)16-29(17-34-18-29)27(21-2-5-23(30)6-3-21)22-4-7-25(26(37)13-22)36-35-8-9-38-36/h2-7,10-12,27,34-35H,8-9,13-14,16-18H2,1H3/t27-,28+/m1/s1. The van der Waals surface area contributed by atoms with Crippen LogP contribution in [0.2, 0.25) is 5.02 Å². The summed E-state index contributed by atoms with van der Waals surface area (Å²) < 4.78 is 30.4. The van der Waals surface area contributed by atoms with Gasteiger partial charge in [-0.25, -0.2) is 14.2 Å². The first-order chi connectivity index (χ1) is 18.2. The highest BCUT2D eigenvalue weighted by Gasteiger charge is 2.51. The van der Waals surface area contributed by atoms with E-state index in [4.69, 9.17) is 16.4 Å². The molecule has 0 spiro atoms. The number of hydrogen-bond donors (Lipinski definition) is 2. The van der Waals surface area contributed by atoms with Crippen LogP contribution >= 0.6 is 11.6 Å². The number of carbonyl (C=O) groups excluding carboxylic acids is 1. The fraction of sp³-hybridized carbons (Fsp3) is 0.379. The van der Waals surface area contributed by atoms with Crippen molar-refractivity contribution in [2.75, 3.05) is 26.2 Å². The molecule has 1 aliphatic carbocycles. The first-order valence-electron chi connectivity index (χ1n) is 12.6. The predicted octanol–water partition coefficient (Wildman–Crippen LogP) is 4.92. The van der Waals surface area contributed by atoms with E-state index in [1.54, 1.807) is 6.08 Å². The Hall–Kier alpha value is -3.09. The molecule has 0 amide bonds. The molecule has 198 valence electrons. The van der Waals surface area contributed by atoms with Gasteiger partial charge in [-0.05, 0) is 60.9 Å². The lowest BCUT2D eigenvalue weighted by molar-refractivity contribution is -0.135. The van der Waals surface area contributed by atoms with Crippen molar-refractivity contribution in [3.05, 3.63) is 93.4 Å². The van der Waals surface area contributed by atoms with Crippen LogP contribution in [0.4, 0.5) is 8.78 Å². The van der Waals surface area contributed by atoms with Crippen LogP contribution in [-0.4, -0.2) is 42.9 Å². The van der Waals surface area contributed by atoms with Gasteiger partial charge in [0, 0.05) is 48.8 Å².